The Balaban J connectivity index is 1.45. The molecule has 6 nitrogen and oxygen atoms in total. The summed E-state index contributed by atoms with van der Waals surface area (Å²) in [7, 11) is -1.89. The smallest absolute Gasteiger partial charge is 0.243 e. The number of hydrogen-bond acceptors (Lipinski definition) is 4. The fourth-order valence-electron chi connectivity index (χ4n) is 3.72. The normalized spacial score (nSPS) is 15.6. The van der Waals surface area contributed by atoms with Crippen molar-refractivity contribution in [1.82, 2.24) is 9.21 Å². The van der Waals surface area contributed by atoms with Gasteiger partial charge in [0.15, 0.2) is 0 Å². The first kappa shape index (κ1) is 23.2. The summed E-state index contributed by atoms with van der Waals surface area (Å²) in [5.74, 6) is 0.221. The van der Waals surface area contributed by atoms with E-state index in [1.54, 1.807) is 11.9 Å². The molecule has 1 amide bonds. The maximum atomic E-state index is 13.1. The molecule has 1 fully saturated rings. The van der Waals surface area contributed by atoms with E-state index in [1.807, 2.05) is 31.2 Å². The Morgan fingerprint density at radius 2 is 1.77 bits per heavy atom. The first-order valence-corrected chi connectivity index (χ1v) is 11.9. The predicted molar refractivity (Wildman–Crippen MR) is 117 cm³/mol. The lowest BCUT2D eigenvalue weighted by Crippen LogP contribution is -2.43. The highest BCUT2D eigenvalue weighted by Gasteiger charge is 2.33. The van der Waals surface area contributed by atoms with Crippen LogP contribution >= 0.6 is 0 Å². The molecule has 1 saturated heterocycles. The zero-order valence-corrected chi connectivity index (χ0v) is 18.8. The molecule has 3 rings (SSSR count). The van der Waals surface area contributed by atoms with Crippen LogP contribution in [-0.4, -0.2) is 56.8 Å². The minimum Gasteiger partial charge on any atom is -0.493 e. The summed E-state index contributed by atoms with van der Waals surface area (Å²) in [5, 5.41) is 0. The van der Waals surface area contributed by atoms with Crippen molar-refractivity contribution in [1.29, 1.82) is 0 Å². The number of amides is 1. The van der Waals surface area contributed by atoms with Crippen LogP contribution in [0.25, 0.3) is 0 Å². The molecule has 1 aliphatic heterocycles. The number of halogens is 1. The fourth-order valence-corrected chi connectivity index (χ4v) is 5.19. The average molecular weight is 449 g/mol. The van der Waals surface area contributed by atoms with Crippen molar-refractivity contribution >= 4 is 15.9 Å². The molecular formula is C23H29FN2O4S. The molecule has 0 radical (unpaired) electrons. The van der Waals surface area contributed by atoms with Gasteiger partial charge in [0.1, 0.15) is 11.6 Å². The summed E-state index contributed by atoms with van der Waals surface area (Å²) in [6.07, 6.45) is 1.67. The number of hydrogen-bond donors (Lipinski definition) is 0. The number of para-hydroxylation sites is 1. The van der Waals surface area contributed by atoms with Gasteiger partial charge in [-0.25, -0.2) is 12.8 Å². The van der Waals surface area contributed by atoms with E-state index >= 15 is 0 Å². The van der Waals surface area contributed by atoms with E-state index in [1.165, 1.54) is 16.4 Å². The molecule has 0 unspecified atom stereocenters. The van der Waals surface area contributed by atoms with E-state index in [-0.39, 0.29) is 29.8 Å². The largest absolute Gasteiger partial charge is 0.493 e. The molecule has 0 aliphatic carbocycles. The highest BCUT2D eigenvalue weighted by atomic mass is 32.2. The van der Waals surface area contributed by atoms with Crippen LogP contribution in [0.5, 0.6) is 5.75 Å². The SMILES string of the molecule is Cc1ccccc1OCCCN(C)C(=O)C1CCN(S(=O)(=O)c2ccc(F)cc2)CC1. The van der Waals surface area contributed by atoms with Crippen molar-refractivity contribution in [2.75, 3.05) is 33.3 Å². The van der Waals surface area contributed by atoms with Crippen molar-refractivity contribution in [2.45, 2.75) is 31.1 Å². The van der Waals surface area contributed by atoms with E-state index < -0.39 is 15.8 Å². The van der Waals surface area contributed by atoms with Gasteiger partial charge < -0.3 is 9.64 Å². The average Bonchev–Trinajstić information content (AvgIpc) is 2.77. The molecule has 168 valence electrons. The van der Waals surface area contributed by atoms with Crippen molar-refractivity contribution in [2.24, 2.45) is 5.92 Å². The topological polar surface area (TPSA) is 66.9 Å². The molecular weight excluding hydrogens is 419 g/mol. The van der Waals surface area contributed by atoms with Gasteiger partial charge in [-0.15, -0.1) is 0 Å². The molecule has 0 N–H and O–H groups in total. The van der Waals surface area contributed by atoms with Crippen LogP contribution in [0.3, 0.4) is 0 Å². The number of aryl methyl sites for hydroxylation is 1. The Morgan fingerprint density at radius 3 is 2.42 bits per heavy atom. The first-order valence-electron chi connectivity index (χ1n) is 10.5. The van der Waals surface area contributed by atoms with E-state index in [2.05, 4.69) is 0 Å². The van der Waals surface area contributed by atoms with Crippen molar-refractivity contribution < 1.29 is 22.3 Å². The summed E-state index contributed by atoms with van der Waals surface area (Å²) < 4.78 is 45.7. The standard InChI is InChI=1S/C23H29FN2O4S/c1-18-6-3-4-7-22(18)30-17-5-14-25(2)23(27)19-12-15-26(16-13-19)31(28,29)21-10-8-20(24)9-11-21/h3-4,6-11,19H,5,12-17H2,1-2H3. The van der Waals surface area contributed by atoms with Crippen LogP contribution in [0, 0.1) is 18.7 Å². The zero-order chi connectivity index (χ0) is 22.4. The Bertz CT molecular complexity index is 987. The monoisotopic (exact) mass is 448 g/mol. The number of nitrogens with zero attached hydrogens (tertiary/aromatic N) is 2. The lowest BCUT2D eigenvalue weighted by molar-refractivity contribution is -0.135. The van der Waals surface area contributed by atoms with Gasteiger partial charge in [0.2, 0.25) is 15.9 Å². The second-order valence-electron chi connectivity index (χ2n) is 7.86. The summed E-state index contributed by atoms with van der Waals surface area (Å²) in [6, 6.07) is 12.6. The molecule has 1 heterocycles. The van der Waals surface area contributed by atoms with Gasteiger partial charge in [-0.1, -0.05) is 18.2 Å². The third kappa shape index (κ3) is 5.83. The number of piperidine rings is 1. The van der Waals surface area contributed by atoms with Crippen LogP contribution in [0.2, 0.25) is 0 Å². The number of sulfonamides is 1. The summed E-state index contributed by atoms with van der Waals surface area (Å²) >= 11 is 0. The second kappa shape index (κ2) is 10.2. The third-order valence-corrected chi connectivity index (χ3v) is 7.53. The first-order chi connectivity index (χ1) is 14.8. The minimum atomic E-state index is -3.67. The molecule has 2 aromatic carbocycles. The molecule has 0 atom stereocenters. The van der Waals surface area contributed by atoms with Gasteiger partial charge in [-0.3, -0.25) is 4.79 Å². The van der Waals surface area contributed by atoms with Gasteiger partial charge in [-0.05, 0) is 62.1 Å². The van der Waals surface area contributed by atoms with Gasteiger partial charge in [0.05, 0.1) is 11.5 Å². The molecule has 2 aromatic rings. The van der Waals surface area contributed by atoms with Crippen LogP contribution in [0.15, 0.2) is 53.4 Å². The minimum absolute atomic E-state index is 0.0368. The molecule has 8 heteroatoms. The third-order valence-electron chi connectivity index (χ3n) is 5.62. The predicted octanol–water partition coefficient (Wildman–Crippen LogP) is 3.46. The van der Waals surface area contributed by atoms with Crippen LogP contribution in [-0.2, 0) is 14.8 Å². The lowest BCUT2D eigenvalue weighted by atomic mass is 9.96. The quantitative estimate of drug-likeness (QED) is 0.580. The number of carbonyl (C=O) groups excluding carboxylic acids is 1. The van der Waals surface area contributed by atoms with Crippen LogP contribution in [0.1, 0.15) is 24.8 Å². The Hall–Kier alpha value is -2.45. The Morgan fingerprint density at radius 1 is 1.13 bits per heavy atom. The highest BCUT2D eigenvalue weighted by molar-refractivity contribution is 7.89. The molecule has 0 saturated carbocycles. The van der Waals surface area contributed by atoms with Gasteiger partial charge in [0.25, 0.3) is 0 Å². The highest BCUT2D eigenvalue weighted by Crippen LogP contribution is 2.25. The number of carbonyl (C=O) groups is 1. The van der Waals surface area contributed by atoms with Crippen LogP contribution in [0.4, 0.5) is 4.39 Å². The lowest BCUT2D eigenvalue weighted by Gasteiger charge is -2.32. The summed E-state index contributed by atoms with van der Waals surface area (Å²) in [4.78, 5) is 14.5. The fraction of sp³-hybridized carbons (Fsp3) is 0.435. The van der Waals surface area contributed by atoms with E-state index in [9.17, 15) is 17.6 Å². The number of ether oxygens (including phenoxy) is 1. The summed E-state index contributed by atoms with van der Waals surface area (Å²) in [5.41, 5.74) is 1.08. The van der Waals surface area contributed by atoms with Gasteiger partial charge >= 0.3 is 0 Å². The molecule has 0 spiro atoms. The van der Waals surface area contributed by atoms with Crippen molar-refractivity contribution in [3.8, 4) is 5.75 Å². The molecule has 0 bridgehead atoms. The summed E-state index contributed by atoms with van der Waals surface area (Å²) in [6.45, 7) is 3.66. The second-order valence-corrected chi connectivity index (χ2v) is 9.80. The van der Waals surface area contributed by atoms with E-state index in [0.29, 0.717) is 32.4 Å². The maximum Gasteiger partial charge on any atom is 0.243 e. The maximum absolute atomic E-state index is 13.1. The van der Waals surface area contributed by atoms with E-state index in [0.717, 1.165) is 23.4 Å². The Labute approximate surface area is 183 Å². The number of benzene rings is 2. The van der Waals surface area contributed by atoms with Gasteiger partial charge in [-0.2, -0.15) is 4.31 Å². The molecule has 1 aliphatic rings. The van der Waals surface area contributed by atoms with Crippen molar-refractivity contribution in [3.05, 3.63) is 59.9 Å². The Kier molecular flexibility index (Phi) is 7.67. The molecule has 0 aromatic heterocycles. The van der Waals surface area contributed by atoms with Crippen molar-refractivity contribution in [3.63, 3.8) is 0 Å². The van der Waals surface area contributed by atoms with E-state index in [4.69, 9.17) is 4.74 Å². The van der Waals surface area contributed by atoms with Crippen LogP contribution < -0.4 is 4.74 Å². The van der Waals surface area contributed by atoms with Gasteiger partial charge in [0, 0.05) is 32.6 Å². The molecule has 31 heavy (non-hydrogen) atoms. The zero-order valence-electron chi connectivity index (χ0n) is 18.0. The number of rotatable bonds is 8.